The number of nitro benzene ring substituents is 1. The third-order valence-electron chi connectivity index (χ3n) is 2.83. The Kier molecular flexibility index (Phi) is 5.69. The number of hydrogen-bond donors (Lipinski definition) is 0. The molecule has 9 heteroatoms. The van der Waals surface area contributed by atoms with Crippen molar-refractivity contribution in [2.24, 2.45) is 0 Å². The first-order valence-corrected chi connectivity index (χ1v) is 7.50. The number of non-ortho nitro benzene ring substituents is 1. The van der Waals surface area contributed by atoms with E-state index in [2.05, 4.69) is 0 Å². The minimum atomic E-state index is -1.02. The first kappa shape index (κ1) is 17.7. The lowest BCUT2D eigenvalue weighted by molar-refractivity contribution is -0.384. The van der Waals surface area contributed by atoms with Crippen LogP contribution >= 0.6 is 11.8 Å². The van der Waals surface area contributed by atoms with E-state index in [1.54, 1.807) is 0 Å². The minimum Gasteiger partial charge on any atom is -0.493 e. The Hall–Kier alpha value is -2.68. The van der Waals surface area contributed by atoms with Crippen molar-refractivity contribution in [2.45, 2.75) is 4.90 Å². The van der Waals surface area contributed by atoms with Crippen molar-refractivity contribution in [1.29, 1.82) is 0 Å². The molecule has 0 aliphatic heterocycles. The number of methoxy groups -OCH3 is 1. The lowest BCUT2D eigenvalue weighted by Gasteiger charge is -2.09. The van der Waals surface area contributed by atoms with Gasteiger partial charge in [-0.3, -0.25) is 14.9 Å². The number of ether oxygens (including phenoxy) is 2. The summed E-state index contributed by atoms with van der Waals surface area (Å²) in [7, 11) is 1.33. The van der Waals surface area contributed by atoms with Crippen molar-refractivity contribution in [3.8, 4) is 11.5 Å². The molecule has 2 aromatic carbocycles. The summed E-state index contributed by atoms with van der Waals surface area (Å²) < 4.78 is 35.9. The molecule has 2 aromatic rings. The van der Waals surface area contributed by atoms with Gasteiger partial charge in [0.15, 0.2) is 23.1 Å². The molecule has 0 aliphatic carbocycles. The van der Waals surface area contributed by atoms with Crippen LogP contribution in [0.1, 0.15) is 0 Å². The van der Waals surface area contributed by atoms with E-state index in [0.29, 0.717) is 4.90 Å². The molecule has 0 saturated heterocycles. The topological polar surface area (TPSA) is 78.7 Å². The van der Waals surface area contributed by atoms with Crippen LogP contribution in [0, 0.1) is 21.7 Å². The average molecular weight is 355 g/mol. The Morgan fingerprint density at radius 3 is 2.54 bits per heavy atom. The number of carbonyl (C=O) groups excluding carboxylic acids is 1. The highest BCUT2D eigenvalue weighted by Gasteiger charge is 2.16. The summed E-state index contributed by atoms with van der Waals surface area (Å²) >= 11 is 0.939. The maximum Gasteiger partial charge on any atom is 0.321 e. The number of thioether (sulfide) groups is 1. The first-order valence-electron chi connectivity index (χ1n) is 6.51. The van der Waals surface area contributed by atoms with Crippen molar-refractivity contribution in [1.82, 2.24) is 0 Å². The van der Waals surface area contributed by atoms with Gasteiger partial charge in [-0.05, 0) is 24.3 Å². The minimum absolute atomic E-state index is 0.0948. The molecule has 0 aliphatic rings. The quantitative estimate of drug-likeness (QED) is 0.259. The van der Waals surface area contributed by atoms with Crippen molar-refractivity contribution in [2.75, 3.05) is 12.9 Å². The van der Waals surface area contributed by atoms with Crippen LogP contribution in [0.2, 0.25) is 0 Å². The first-order chi connectivity index (χ1) is 11.4. The van der Waals surface area contributed by atoms with Crippen LogP contribution in [-0.2, 0) is 4.79 Å². The van der Waals surface area contributed by atoms with Crippen molar-refractivity contribution in [3.63, 3.8) is 0 Å². The predicted octanol–water partition coefficient (Wildman–Crippen LogP) is 3.58. The molecule has 0 spiro atoms. The number of nitrogens with zero attached hydrogens (tertiary/aromatic N) is 1. The van der Waals surface area contributed by atoms with E-state index in [0.717, 1.165) is 30.0 Å². The van der Waals surface area contributed by atoms with Gasteiger partial charge in [-0.2, -0.15) is 0 Å². The fourth-order valence-corrected chi connectivity index (χ4v) is 2.41. The van der Waals surface area contributed by atoms with E-state index < -0.39 is 22.5 Å². The Balaban J connectivity index is 2.04. The van der Waals surface area contributed by atoms with Crippen LogP contribution in [0.4, 0.5) is 14.5 Å². The normalized spacial score (nSPS) is 10.3. The average Bonchev–Trinajstić information content (AvgIpc) is 2.55. The summed E-state index contributed by atoms with van der Waals surface area (Å²) in [5, 5.41) is 10.8. The van der Waals surface area contributed by atoms with E-state index in [1.807, 2.05) is 0 Å². The highest BCUT2D eigenvalue weighted by molar-refractivity contribution is 8.00. The van der Waals surface area contributed by atoms with Gasteiger partial charge in [0.25, 0.3) is 5.69 Å². The molecule has 0 amide bonds. The molecule has 0 bridgehead atoms. The number of hydrogen-bond acceptors (Lipinski definition) is 6. The summed E-state index contributed by atoms with van der Waals surface area (Å²) in [6, 6.07) is 6.83. The second-order valence-corrected chi connectivity index (χ2v) is 5.48. The fourth-order valence-electron chi connectivity index (χ4n) is 1.72. The molecular formula is C15H11F2NO5S. The molecule has 0 heterocycles. The van der Waals surface area contributed by atoms with Gasteiger partial charge in [0, 0.05) is 11.0 Å². The largest absolute Gasteiger partial charge is 0.493 e. The summed E-state index contributed by atoms with van der Waals surface area (Å²) in [5.41, 5.74) is -0.258. The molecule has 6 nitrogen and oxygen atoms in total. The maximum absolute atomic E-state index is 13.1. The SMILES string of the molecule is COc1ccc([N+](=O)[O-])cc1OC(=O)CSc1ccc(F)c(F)c1. The number of carbonyl (C=O) groups is 1. The number of halogens is 2. The van der Waals surface area contributed by atoms with Gasteiger partial charge >= 0.3 is 5.97 Å². The van der Waals surface area contributed by atoms with Crippen LogP contribution in [0.5, 0.6) is 11.5 Å². The molecule has 0 N–H and O–H groups in total. The third kappa shape index (κ3) is 4.42. The van der Waals surface area contributed by atoms with Gasteiger partial charge in [0.1, 0.15) is 0 Å². The third-order valence-corrected chi connectivity index (χ3v) is 3.80. The Morgan fingerprint density at radius 1 is 1.17 bits per heavy atom. The molecular weight excluding hydrogens is 344 g/mol. The zero-order valence-corrected chi connectivity index (χ0v) is 13.1. The number of nitro groups is 1. The molecule has 126 valence electrons. The second-order valence-electron chi connectivity index (χ2n) is 4.43. The van der Waals surface area contributed by atoms with Gasteiger partial charge in [-0.25, -0.2) is 8.78 Å². The predicted molar refractivity (Wildman–Crippen MR) is 82.4 cm³/mol. The maximum atomic E-state index is 13.1. The summed E-state index contributed by atoms with van der Waals surface area (Å²) in [6.07, 6.45) is 0. The van der Waals surface area contributed by atoms with E-state index in [1.165, 1.54) is 25.3 Å². The molecule has 0 fully saturated rings. The molecule has 24 heavy (non-hydrogen) atoms. The van der Waals surface area contributed by atoms with Gasteiger partial charge in [-0.1, -0.05) is 0 Å². The Morgan fingerprint density at radius 2 is 1.92 bits per heavy atom. The van der Waals surface area contributed by atoms with Crippen LogP contribution in [0.3, 0.4) is 0 Å². The van der Waals surface area contributed by atoms with Gasteiger partial charge in [0.05, 0.1) is 23.9 Å². The van der Waals surface area contributed by atoms with Crippen molar-refractivity contribution >= 4 is 23.4 Å². The molecule has 0 unspecified atom stereocenters. The van der Waals surface area contributed by atoms with E-state index in [9.17, 15) is 23.7 Å². The zero-order chi connectivity index (χ0) is 17.7. The van der Waals surface area contributed by atoms with Crippen LogP contribution in [0.25, 0.3) is 0 Å². The zero-order valence-electron chi connectivity index (χ0n) is 12.3. The molecule has 0 aromatic heterocycles. The Bertz CT molecular complexity index is 784. The highest BCUT2D eigenvalue weighted by atomic mass is 32.2. The van der Waals surface area contributed by atoms with Crippen molar-refractivity contribution in [3.05, 3.63) is 58.1 Å². The molecule has 0 radical (unpaired) electrons. The monoisotopic (exact) mass is 355 g/mol. The van der Waals surface area contributed by atoms with Crippen LogP contribution in [0.15, 0.2) is 41.3 Å². The Labute approximate surface area is 139 Å². The van der Waals surface area contributed by atoms with Crippen molar-refractivity contribution < 1.29 is 28.0 Å². The van der Waals surface area contributed by atoms with E-state index in [4.69, 9.17) is 9.47 Å². The number of benzene rings is 2. The van der Waals surface area contributed by atoms with Crippen LogP contribution in [-0.4, -0.2) is 23.8 Å². The van der Waals surface area contributed by atoms with E-state index >= 15 is 0 Å². The standard InChI is InChI=1S/C15H11F2NO5S/c1-22-13-5-2-9(18(20)21)6-14(13)23-15(19)8-24-10-3-4-11(16)12(17)7-10/h2-7H,8H2,1H3. The molecule has 2 rings (SSSR count). The smallest absolute Gasteiger partial charge is 0.321 e. The number of esters is 1. The van der Waals surface area contributed by atoms with Gasteiger partial charge in [0.2, 0.25) is 0 Å². The molecule has 0 saturated carbocycles. The fraction of sp³-hybridized carbons (Fsp3) is 0.133. The summed E-state index contributed by atoms with van der Waals surface area (Å²) in [4.78, 5) is 22.3. The number of rotatable bonds is 6. The van der Waals surface area contributed by atoms with E-state index in [-0.39, 0.29) is 22.9 Å². The highest BCUT2D eigenvalue weighted by Crippen LogP contribution is 2.31. The summed E-state index contributed by atoms with van der Waals surface area (Å²) in [6.45, 7) is 0. The molecule has 0 atom stereocenters. The summed E-state index contributed by atoms with van der Waals surface area (Å²) in [5.74, 6) is -2.86. The van der Waals surface area contributed by atoms with Gasteiger partial charge < -0.3 is 9.47 Å². The lowest BCUT2D eigenvalue weighted by Crippen LogP contribution is -2.11. The van der Waals surface area contributed by atoms with Gasteiger partial charge in [-0.15, -0.1) is 11.8 Å². The lowest BCUT2D eigenvalue weighted by atomic mass is 10.3. The second kappa shape index (κ2) is 7.73. The van der Waals surface area contributed by atoms with Crippen LogP contribution < -0.4 is 9.47 Å².